The minimum absolute atomic E-state index is 0.0710. The Morgan fingerprint density at radius 3 is 2.54 bits per heavy atom. The van der Waals surface area contributed by atoms with Crippen LogP contribution in [-0.4, -0.2) is 36.6 Å². The highest BCUT2D eigenvalue weighted by atomic mass is 16.5. The van der Waals surface area contributed by atoms with Gasteiger partial charge < -0.3 is 4.74 Å². The molecule has 0 spiro atoms. The van der Waals surface area contributed by atoms with Crippen LogP contribution >= 0.6 is 0 Å². The van der Waals surface area contributed by atoms with Gasteiger partial charge in [0.05, 0.1) is 12.7 Å². The van der Waals surface area contributed by atoms with Gasteiger partial charge in [0, 0.05) is 11.5 Å². The van der Waals surface area contributed by atoms with E-state index in [1.807, 2.05) is 6.07 Å². The molecule has 138 valence electrons. The van der Waals surface area contributed by atoms with E-state index in [2.05, 4.69) is 42.2 Å². The molecule has 1 heterocycles. The van der Waals surface area contributed by atoms with E-state index >= 15 is 0 Å². The predicted octanol–water partition coefficient (Wildman–Crippen LogP) is 4.60. The van der Waals surface area contributed by atoms with Crippen molar-refractivity contribution in [3.63, 3.8) is 0 Å². The average Bonchev–Trinajstić information content (AvgIpc) is 3.23. The van der Waals surface area contributed by atoms with Crippen molar-refractivity contribution in [3.8, 4) is 0 Å². The number of nitrogens with zero attached hydrogens (tertiary/aromatic N) is 1. The fourth-order valence-corrected chi connectivity index (χ4v) is 5.48. The molecule has 0 bridgehead atoms. The van der Waals surface area contributed by atoms with Gasteiger partial charge in [-0.2, -0.15) is 0 Å². The Hall–Kier alpha value is -1.87. The second-order valence-corrected chi connectivity index (χ2v) is 7.96. The summed E-state index contributed by atoms with van der Waals surface area (Å²) < 4.78 is 5.20. The number of rotatable bonds is 3. The van der Waals surface area contributed by atoms with Gasteiger partial charge in [-0.3, -0.25) is 4.90 Å². The molecule has 1 aliphatic heterocycles. The number of fused-ring (bicyclic) bond motifs is 1. The van der Waals surface area contributed by atoms with Crippen LogP contribution in [0.15, 0.2) is 47.6 Å². The Kier molecular flexibility index (Phi) is 4.74. The monoisotopic (exact) mass is 351 g/mol. The van der Waals surface area contributed by atoms with Crippen molar-refractivity contribution in [2.75, 3.05) is 20.2 Å². The smallest absolute Gasteiger partial charge is 0.338 e. The van der Waals surface area contributed by atoms with Gasteiger partial charge in [-0.1, -0.05) is 54.8 Å². The lowest BCUT2D eigenvalue weighted by Crippen LogP contribution is -2.55. The van der Waals surface area contributed by atoms with Crippen molar-refractivity contribution < 1.29 is 9.53 Å². The first-order valence-electron chi connectivity index (χ1n) is 10.00. The summed E-state index contributed by atoms with van der Waals surface area (Å²) in [6, 6.07) is 10.4. The van der Waals surface area contributed by atoms with Gasteiger partial charge in [0.2, 0.25) is 0 Å². The van der Waals surface area contributed by atoms with Crippen LogP contribution in [0.4, 0.5) is 0 Å². The lowest BCUT2D eigenvalue weighted by atomic mass is 9.63. The quantitative estimate of drug-likeness (QED) is 0.746. The van der Waals surface area contributed by atoms with E-state index < -0.39 is 0 Å². The maximum atomic E-state index is 12.7. The van der Waals surface area contributed by atoms with E-state index in [0.29, 0.717) is 5.92 Å². The lowest BCUT2D eigenvalue weighted by molar-refractivity contribution is -0.135. The molecule has 3 aliphatic rings. The van der Waals surface area contributed by atoms with Crippen molar-refractivity contribution in [1.29, 1.82) is 0 Å². The van der Waals surface area contributed by atoms with E-state index in [1.165, 1.54) is 64.3 Å². The Labute approximate surface area is 156 Å². The summed E-state index contributed by atoms with van der Waals surface area (Å²) >= 11 is 0. The third-order valence-corrected chi connectivity index (χ3v) is 6.67. The van der Waals surface area contributed by atoms with Crippen LogP contribution in [0.5, 0.6) is 0 Å². The zero-order valence-electron chi connectivity index (χ0n) is 16.0. The van der Waals surface area contributed by atoms with Gasteiger partial charge in [-0.25, -0.2) is 4.79 Å². The van der Waals surface area contributed by atoms with Crippen molar-refractivity contribution >= 4 is 11.5 Å². The number of carbonyl (C=O) groups excluding carboxylic acids is 1. The largest absolute Gasteiger partial charge is 0.465 e. The molecule has 0 radical (unpaired) electrons. The minimum atomic E-state index is -0.196. The summed E-state index contributed by atoms with van der Waals surface area (Å²) in [5.74, 6) is 0.231. The molecule has 0 amide bonds. The van der Waals surface area contributed by atoms with Crippen molar-refractivity contribution in [1.82, 2.24) is 4.90 Å². The van der Waals surface area contributed by atoms with E-state index in [0.717, 1.165) is 16.7 Å². The maximum Gasteiger partial charge on any atom is 0.338 e. The summed E-state index contributed by atoms with van der Waals surface area (Å²) in [6.07, 6.45) is 9.90. The number of hydrogen-bond acceptors (Lipinski definition) is 3. The SMILES string of the molecule is COC(=O)C1=C(C)C2CCCCC2(N2CCCC2)C=C1c1ccccc1. The van der Waals surface area contributed by atoms with Gasteiger partial charge in [-0.05, 0) is 56.8 Å². The Morgan fingerprint density at radius 2 is 1.85 bits per heavy atom. The minimum Gasteiger partial charge on any atom is -0.465 e. The van der Waals surface area contributed by atoms with Gasteiger partial charge in [-0.15, -0.1) is 0 Å². The van der Waals surface area contributed by atoms with E-state index in [-0.39, 0.29) is 11.5 Å². The number of methoxy groups -OCH3 is 1. The van der Waals surface area contributed by atoms with E-state index in [1.54, 1.807) is 0 Å². The normalized spacial score (nSPS) is 29.3. The Balaban J connectivity index is 1.90. The molecule has 26 heavy (non-hydrogen) atoms. The molecule has 3 heteroatoms. The second-order valence-electron chi connectivity index (χ2n) is 7.96. The molecule has 1 saturated carbocycles. The Morgan fingerprint density at radius 1 is 1.12 bits per heavy atom. The molecule has 1 saturated heterocycles. The molecule has 2 fully saturated rings. The van der Waals surface area contributed by atoms with Crippen LogP contribution in [0.1, 0.15) is 51.0 Å². The fourth-order valence-electron chi connectivity index (χ4n) is 5.48. The number of benzene rings is 1. The van der Waals surface area contributed by atoms with Crippen molar-refractivity contribution in [2.24, 2.45) is 5.92 Å². The zero-order chi connectivity index (χ0) is 18.1. The highest BCUT2D eigenvalue weighted by molar-refractivity contribution is 6.08. The summed E-state index contributed by atoms with van der Waals surface area (Å²) in [6.45, 7) is 4.52. The molecule has 2 unspecified atom stereocenters. The van der Waals surface area contributed by atoms with Crippen LogP contribution < -0.4 is 0 Å². The topological polar surface area (TPSA) is 29.5 Å². The second kappa shape index (κ2) is 7.03. The standard InChI is InChI=1S/C23H29NO2/c1-17-20-12-6-7-13-23(20,24-14-8-9-15-24)16-19(21(17)22(25)26-2)18-10-4-3-5-11-18/h3-5,10-11,16,20H,6-9,12-15H2,1-2H3. The van der Waals surface area contributed by atoms with Crippen LogP contribution in [-0.2, 0) is 9.53 Å². The van der Waals surface area contributed by atoms with Crippen LogP contribution in [0.25, 0.3) is 5.57 Å². The van der Waals surface area contributed by atoms with Crippen LogP contribution in [0.3, 0.4) is 0 Å². The highest BCUT2D eigenvalue weighted by Gasteiger charge is 2.49. The predicted molar refractivity (Wildman–Crippen MR) is 105 cm³/mol. The van der Waals surface area contributed by atoms with E-state index in [9.17, 15) is 4.79 Å². The molecular formula is C23H29NO2. The summed E-state index contributed by atoms with van der Waals surface area (Å²) in [5, 5.41) is 0. The first-order chi connectivity index (χ1) is 12.7. The number of esters is 1. The average molecular weight is 351 g/mol. The number of carbonyl (C=O) groups is 1. The molecule has 1 aromatic carbocycles. The van der Waals surface area contributed by atoms with Crippen molar-refractivity contribution in [2.45, 2.75) is 51.0 Å². The van der Waals surface area contributed by atoms with Crippen LogP contribution in [0, 0.1) is 5.92 Å². The maximum absolute atomic E-state index is 12.7. The molecule has 2 atom stereocenters. The molecule has 3 nitrogen and oxygen atoms in total. The number of ether oxygens (including phenoxy) is 1. The van der Waals surface area contributed by atoms with Gasteiger partial charge in [0.25, 0.3) is 0 Å². The summed E-state index contributed by atoms with van der Waals surface area (Å²) in [4.78, 5) is 15.4. The molecule has 0 N–H and O–H groups in total. The summed E-state index contributed by atoms with van der Waals surface area (Å²) in [5.41, 5.74) is 4.28. The van der Waals surface area contributed by atoms with E-state index in [4.69, 9.17) is 4.74 Å². The van der Waals surface area contributed by atoms with Gasteiger partial charge in [0.15, 0.2) is 0 Å². The number of likely N-dealkylation sites (tertiary alicyclic amines) is 1. The van der Waals surface area contributed by atoms with Crippen LogP contribution in [0.2, 0.25) is 0 Å². The third kappa shape index (κ3) is 2.73. The molecule has 4 rings (SSSR count). The Bertz CT molecular complexity index is 743. The molecular weight excluding hydrogens is 322 g/mol. The fraction of sp³-hybridized carbons (Fsp3) is 0.522. The molecule has 1 aromatic rings. The highest BCUT2D eigenvalue weighted by Crippen LogP contribution is 2.51. The first-order valence-corrected chi connectivity index (χ1v) is 10.00. The zero-order valence-corrected chi connectivity index (χ0v) is 16.0. The number of hydrogen-bond donors (Lipinski definition) is 0. The first kappa shape index (κ1) is 17.5. The molecule has 2 aliphatic carbocycles. The van der Waals surface area contributed by atoms with Gasteiger partial charge >= 0.3 is 5.97 Å². The third-order valence-electron chi connectivity index (χ3n) is 6.67. The van der Waals surface area contributed by atoms with Crippen molar-refractivity contribution in [3.05, 3.63) is 53.1 Å². The summed E-state index contributed by atoms with van der Waals surface area (Å²) in [7, 11) is 1.49. The molecule has 0 aromatic heterocycles. The lowest BCUT2D eigenvalue weighted by Gasteiger charge is -2.52. The van der Waals surface area contributed by atoms with Gasteiger partial charge in [0.1, 0.15) is 0 Å².